The number of nitrogens with zero attached hydrogens (tertiary/aromatic N) is 3. The number of carbonyl (C=O) groups is 1. The van der Waals surface area contributed by atoms with Gasteiger partial charge in [0.15, 0.2) is 0 Å². The number of carbonyl (C=O) groups excluding carboxylic acids is 1. The Balaban J connectivity index is 1.57. The van der Waals surface area contributed by atoms with Crippen LogP contribution in [-0.4, -0.2) is 40.1 Å². The van der Waals surface area contributed by atoms with Crippen LogP contribution in [-0.2, 0) is 11.3 Å². The van der Waals surface area contributed by atoms with Gasteiger partial charge in [0.2, 0.25) is 5.91 Å². The van der Waals surface area contributed by atoms with E-state index in [0.29, 0.717) is 19.6 Å². The molecule has 5 nitrogen and oxygen atoms in total. The summed E-state index contributed by atoms with van der Waals surface area (Å²) >= 11 is 6.26. The van der Waals surface area contributed by atoms with Crippen molar-refractivity contribution in [1.29, 1.82) is 0 Å². The Kier molecular flexibility index (Phi) is 5.50. The third-order valence-electron chi connectivity index (χ3n) is 5.64. The average Bonchev–Trinajstić information content (AvgIpc) is 3.26. The van der Waals surface area contributed by atoms with Gasteiger partial charge in [-0.2, -0.15) is 0 Å². The summed E-state index contributed by atoms with van der Waals surface area (Å²) in [7, 11) is 0. The molecule has 1 saturated heterocycles. The number of likely N-dealkylation sites (N-methyl/N-ethyl adjacent to an activating group) is 1. The first-order chi connectivity index (χ1) is 14.0. The Bertz CT molecular complexity index is 1040. The maximum absolute atomic E-state index is 12.3. The number of halogens is 1. The Morgan fingerprint density at radius 1 is 1.21 bits per heavy atom. The third-order valence-corrected chi connectivity index (χ3v) is 6.24. The van der Waals surface area contributed by atoms with Gasteiger partial charge in [0.05, 0.1) is 17.6 Å². The summed E-state index contributed by atoms with van der Waals surface area (Å²) in [5.41, 5.74) is 4.07. The molecule has 0 aliphatic carbocycles. The van der Waals surface area contributed by atoms with Crippen LogP contribution in [0.3, 0.4) is 0 Å². The van der Waals surface area contributed by atoms with Crippen LogP contribution in [0.1, 0.15) is 36.2 Å². The van der Waals surface area contributed by atoms with E-state index in [1.54, 1.807) is 0 Å². The predicted octanol–water partition coefficient (Wildman–Crippen LogP) is 4.72. The normalized spacial score (nSPS) is 16.8. The SMILES string of the molecule is CCN1CC(c2nc3ccccc3n2CCOc2cc(C)c(Cl)c(C)c2)CC1=O. The van der Waals surface area contributed by atoms with Crippen LogP contribution in [0.5, 0.6) is 5.75 Å². The van der Waals surface area contributed by atoms with E-state index in [2.05, 4.69) is 10.6 Å². The summed E-state index contributed by atoms with van der Waals surface area (Å²) in [6.45, 7) is 8.66. The number of amides is 1. The van der Waals surface area contributed by atoms with E-state index in [1.165, 1.54) is 0 Å². The number of hydrogen-bond donors (Lipinski definition) is 0. The Morgan fingerprint density at radius 2 is 1.93 bits per heavy atom. The zero-order chi connectivity index (χ0) is 20.5. The number of rotatable bonds is 6. The van der Waals surface area contributed by atoms with E-state index < -0.39 is 0 Å². The topological polar surface area (TPSA) is 47.4 Å². The quantitative estimate of drug-likeness (QED) is 0.589. The largest absolute Gasteiger partial charge is 0.492 e. The molecular weight excluding hydrogens is 386 g/mol. The molecule has 1 amide bonds. The maximum atomic E-state index is 12.3. The van der Waals surface area contributed by atoms with Crippen LogP contribution < -0.4 is 4.74 Å². The number of imidazole rings is 1. The van der Waals surface area contributed by atoms with Gasteiger partial charge >= 0.3 is 0 Å². The lowest BCUT2D eigenvalue weighted by Crippen LogP contribution is -2.24. The van der Waals surface area contributed by atoms with Gasteiger partial charge in [-0.1, -0.05) is 23.7 Å². The molecule has 0 bridgehead atoms. The summed E-state index contributed by atoms with van der Waals surface area (Å²) < 4.78 is 8.25. The summed E-state index contributed by atoms with van der Waals surface area (Å²) in [4.78, 5) is 19.0. The molecule has 0 saturated carbocycles. The molecule has 0 N–H and O–H groups in total. The number of ether oxygens (including phenoxy) is 1. The fraction of sp³-hybridized carbons (Fsp3) is 0.391. The molecule has 2 aromatic carbocycles. The lowest BCUT2D eigenvalue weighted by Gasteiger charge is -2.16. The van der Waals surface area contributed by atoms with Gasteiger partial charge in [0, 0.05) is 30.5 Å². The number of benzene rings is 2. The summed E-state index contributed by atoms with van der Waals surface area (Å²) in [6, 6.07) is 12.1. The summed E-state index contributed by atoms with van der Waals surface area (Å²) in [6.07, 6.45) is 0.521. The number of hydrogen-bond acceptors (Lipinski definition) is 3. The maximum Gasteiger partial charge on any atom is 0.223 e. The molecular formula is C23H26ClN3O2. The zero-order valence-electron chi connectivity index (χ0n) is 17.1. The molecule has 2 heterocycles. The molecule has 4 rings (SSSR count). The van der Waals surface area contributed by atoms with Crippen LogP contribution in [0.4, 0.5) is 0 Å². The van der Waals surface area contributed by atoms with Crippen molar-refractivity contribution < 1.29 is 9.53 Å². The minimum absolute atomic E-state index is 0.120. The molecule has 3 aromatic rings. The van der Waals surface area contributed by atoms with Gasteiger partial charge in [-0.3, -0.25) is 4.79 Å². The fourth-order valence-electron chi connectivity index (χ4n) is 4.14. The van der Waals surface area contributed by atoms with Crippen molar-refractivity contribution in [2.75, 3.05) is 19.7 Å². The second kappa shape index (κ2) is 8.07. The van der Waals surface area contributed by atoms with Crippen LogP contribution in [0, 0.1) is 13.8 Å². The first-order valence-corrected chi connectivity index (χ1v) is 10.5. The Hall–Kier alpha value is -2.53. The van der Waals surface area contributed by atoms with E-state index in [0.717, 1.165) is 51.8 Å². The standard InChI is InChI=1S/C23H26ClN3O2/c1-4-26-14-17(13-21(26)28)23-25-19-7-5-6-8-20(19)27(23)9-10-29-18-11-15(2)22(24)16(3)12-18/h5-8,11-12,17H,4,9-10,13-14H2,1-3H3. The van der Waals surface area contributed by atoms with Gasteiger partial charge in [-0.05, 0) is 56.2 Å². The fourth-order valence-corrected chi connectivity index (χ4v) is 4.24. The molecule has 0 radical (unpaired) electrons. The smallest absolute Gasteiger partial charge is 0.223 e. The van der Waals surface area contributed by atoms with Gasteiger partial charge in [0.1, 0.15) is 18.2 Å². The van der Waals surface area contributed by atoms with Gasteiger partial charge < -0.3 is 14.2 Å². The average molecular weight is 412 g/mol. The predicted molar refractivity (Wildman–Crippen MR) is 116 cm³/mol. The van der Waals surface area contributed by atoms with Gasteiger partial charge in [-0.15, -0.1) is 0 Å². The molecule has 1 atom stereocenters. The highest BCUT2D eigenvalue weighted by Crippen LogP contribution is 2.30. The number of likely N-dealkylation sites (tertiary alicyclic amines) is 1. The minimum Gasteiger partial charge on any atom is -0.492 e. The highest BCUT2D eigenvalue weighted by atomic mass is 35.5. The van der Waals surface area contributed by atoms with Crippen molar-refractivity contribution in [3.05, 3.63) is 58.4 Å². The molecule has 1 aliphatic heterocycles. The molecule has 6 heteroatoms. The second-order valence-electron chi connectivity index (χ2n) is 7.66. The van der Waals surface area contributed by atoms with Crippen molar-refractivity contribution in [3.8, 4) is 5.75 Å². The van der Waals surface area contributed by atoms with E-state index >= 15 is 0 Å². The molecule has 0 spiro atoms. The van der Waals surface area contributed by atoms with E-state index in [4.69, 9.17) is 21.3 Å². The van der Waals surface area contributed by atoms with Crippen molar-refractivity contribution in [2.45, 2.75) is 39.7 Å². The van der Waals surface area contributed by atoms with E-state index in [1.807, 2.05) is 56.0 Å². The van der Waals surface area contributed by atoms with Gasteiger partial charge in [-0.25, -0.2) is 4.98 Å². The van der Waals surface area contributed by atoms with Crippen molar-refractivity contribution in [3.63, 3.8) is 0 Å². The molecule has 1 unspecified atom stereocenters. The highest BCUT2D eigenvalue weighted by Gasteiger charge is 2.33. The minimum atomic E-state index is 0.120. The van der Waals surface area contributed by atoms with E-state index in [-0.39, 0.29) is 11.8 Å². The zero-order valence-corrected chi connectivity index (χ0v) is 17.9. The number of aryl methyl sites for hydroxylation is 2. The Morgan fingerprint density at radius 3 is 2.62 bits per heavy atom. The van der Waals surface area contributed by atoms with Crippen LogP contribution >= 0.6 is 11.6 Å². The third kappa shape index (κ3) is 3.84. The first-order valence-electron chi connectivity index (χ1n) is 10.1. The first kappa shape index (κ1) is 19.8. The molecule has 1 aliphatic rings. The van der Waals surface area contributed by atoms with Crippen molar-refractivity contribution in [2.24, 2.45) is 0 Å². The monoisotopic (exact) mass is 411 g/mol. The van der Waals surface area contributed by atoms with E-state index in [9.17, 15) is 4.79 Å². The Labute approximate surface area is 176 Å². The van der Waals surface area contributed by atoms with Crippen LogP contribution in [0.25, 0.3) is 11.0 Å². The highest BCUT2D eigenvalue weighted by molar-refractivity contribution is 6.32. The van der Waals surface area contributed by atoms with Crippen LogP contribution in [0.15, 0.2) is 36.4 Å². The molecule has 1 fully saturated rings. The second-order valence-corrected chi connectivity index (χ2v) is 8.04. The van der Waals surface area contributed by atoms with Crippen molar-refractivity contribution >= 4 is 28.5 Å². The summed E-state index contributed by atoms with van der Waals surface area (Å²) in [5, 5.41) is 0.784. The molecule has 29 heavy (non-hydrogen) atoms. The van der Waals surface area contributed by atoms with Crippen molar-refractivity contribution in [1.82, 2.24) is 14.5 Å². The number of fused-ring (bicyclic) bond motifs is 1. The number of para-hydroxylation sites is 2. The number of aromatic nitrogens is 2. The lowest BCUT2D eigenvalue weighted by molar-refractivity contribution is -0.127. The van der Waals surface area contributed by atoms with Gasteiger partial charge in [0.25, 0.3) is 0 Å². The van der Waals surface area contributed by atoms with Crippen LogP contribution in [0.2, 0.25) is 5.02 Å². The summed E-state index contributed by atoms with van der Waals surface area (Å²) in [5.74, 6) is 2.13. The molecule has 152 valence electrons. The lowest BCUT2D eigenvalue weighted by atomic mass is 10.1. The molecule has 1 aromatic heterocycles.